The number of likely N-dealkylation sites (N-methyl/N-ethyl adjacent to an activating group) is 1. The molecule has 1 saturated carbocycles. The number of carbonyl (C=O) groups is 2. The summed E-state index contributed by atoms with van der Waals surface area (Å²) in [5, 5.41) is -0.0892. The highest BCUT2D eigenvalue weighted by Gasteiger charge is 2.39. The highest BCUT2D eigenvalue weighted by atomic mass is 35.5. The molecule has 0 saturated heterocycles. The van der Waals surface area contributed by atoms with Crippen LogP contribution in [0, 0.1) is 6.92 Å². The van der Waals surface area contributed by atoms with Crippen molar-refractivity contribution in [1.29, 1.82) is 0 Å². The van der Waals surface area contributed by atoms with Crippen molar-refractivity contribution in [2.45, 2.75) is 55.9 Å². The summed E-state index contributed by atoms with van der Waals surface area (Å²) in [7, 11) is 3.36. The number of fused-ring (bicyclic) bond motifs is 1. The second-order valence-electron chi connectivity index (χ2n) is 7.60. The van der Waals surface area contributed by atoms with Crippen LogP contribution in [-0.2, 0) is 17.9 Å². The van der Waals surface area contributed by atoms with Gasteiger partial charge in [-0.2, -0.15) is 0 Å². The number of alkyl halides is 2. The zero-order valence-corrected chi connectivity index (χ0v) is 17.5. The number of halogens is 2. The van der Waals surface area contributed by atoms with Gasteiger partial charge in [0, 0.05) is 43.0 Å². The Bertz CT molecular complexity index is 769. The Morgan fingerprint density at radius 1 is 1.33 bits per heavy atom. The maximum Gasteiger partial charge on any atom is 0.256 e. The topological polar surface area (TPSA) is 79.5 Å². The Morgan fingerprint density at radius 2 is 2.04 bits per heavy atom. The van der Waals surface area contributed by atoms with Gasteiger partial charge in [0.2, 0.25) is 5.91 Å². The summed E-state index contributed by atoms with van der Waals surface area (Å²) < 4.78 is 0. The molecule has 148 valence electrons. The number of pyridine rings is 1. The van der Waals surface area contributed by atoms with E-state index in [2.05, 4.69) is 4.98 Å². The van der Waals surface area contributed by atoms with Crippen molar-refractivity contribution in [2.75, 3.05) is 20.6 Å². The minimum Gasteiger partial charge on any atom is -0.347 e. The molecule has 2 aliphatic rings. The summed E-state index contributed by atoms with van der Waals surface area (Å²) >= 11 is 13.0. The molecule has 3 atom stereocenters. The summed E-state index contributed by atoms with van der Waals surface area (Å²) in [5.74, 6) is -0.260. The summed E-state index contributed by atoms with van der Waals surface area (Å²) in [4.78, 5) is 33.0. The van der Waals surface area contributed by atoms with Gasteiger partial charge in [0.15, 0.2) is 0 Å². The fraction of sp³-hybridized carbons (Fsp3) is 0.632. The highest BCUT2D eigenvalue weighted by Crippen LogP contribution is 2.43. The van der Waals surface area contributed by atoms with Gasteiger partial charge in [-0.05, 0) is 37.3 Å². The average Bonchev–Trinajstić information content (AvgIpc) is 2.89. The third-order valence-corrected chi connectivity index (χ3v) is 6.45. The average molecular weight is 413 g/mol. The maximum absolute atomic E-state index is 13.2. The van der Waals surface area contributed by atoms with E-state index in [-0.39, 0.29) is 35.0 Å². The highest BCUT2D eigenvalue weighted by molar-refractivity contribution is 6.24. The van der Waals surface area contributed by atoms with Gasteiger partial charge in [0.25, 0.3) is 5.91 Å². The molecule has 0 aromatic carbocycles. The van der Waals surface area contributed by atoms with Gasteiger partial charge in [0.1, 0.15) is 6.54 Å². The lowest BCUT2D eigenvalue weighted by Crippen LogP contribution is -2.37. The minimum absolute atomic E-state index is 0.0177. The smallest absolute Gasteiger partial charge is 0.256 e. The maximum atomic E-state index is 13.2. The van der Waals surface area contributed by atoms with Crippen LogP contribution in [0.2, 0.25) is 0 Å². The molecule has 0 radical (unpaired) electrons. The number of hydrogen-bond acceptors (Lipinski definition) is 4. The Hall–Kier alpha value is -1.37. The van der Waals surface area contributed by atoms with Crippen molar-refractivity contribution in [2.24, 2.45) is 5.73 Å². The number of amides is 2. The number of aryl methyl sites for hydroxylation is 1. The van der Waals surface area contributed by atoms with Gasteiger partial charge in [0.05, 0.1) is 17.8 Å². The van der Waals surface area contributed by atoms with Crippen molar-refractivity contribution in [3.63, 3.8) is 0 Å². The molecule has 27 heavy (non-hydrogen) atoms. The first-order valence-corrected chi connectivity index (χ1v) is 10.1. The molecule has 0 spiro atoms. The van der Waals surface area contributed by atoms with E-state index < -0.39 is 0 Å². The molecule has 2 N–H and O–H groups in total. The Morgan fingerprint density at radius 3 is 2.63 bits per heavy atom. The zero-order chi connectivity index (χ0) is 19.9. The van der Waals surface area contributed by atoms with Crippen LogP contribution in [0.1, 0.15) is 58.1 Å². The minimum atomic E-state index is -0.158. The molecule has 2 heterocycles. The van der Waals surface area contributed by atoms with Crippen LogP contribution < -0.4 is 5.73 Å². The summed E-state index contributed by atoms with van der Waals surface area (Å²) in [5.41, 5.74) is 9.99. The van der Waals surface area contributed by atoms with Crippen LogP contribution in [0.3, 0.4) is 0 Å². The second kappa shape index (κ2) is 7.94. The lowest BCUT2D eigenvalue weighted by Gasteiger charge is -2.33. The molecule has 8 heteroatoms. The molecule has 1 aromatic heterocycles. The van der Waals surface area contributed by atoms with Crippen LogP contribution in [0.15, 0.2) is 0 Å². The van der Waals surface area contributed by atoms with E-state index in [1.807, 2.05) is 6.92 Å². The van der Waals surface area contributed by atoms with Gasteiger partial charge in [-0.3, -0.25) is 14.6 Å². The van der Waals surface area contributed by atoms with Crippen LogP contribution >= 0.6 is 23.2 Å². The quantitative estimate of drug-likeness (QED) is 0.769. The zero-order valence-electron chi connectivity index (χ0n) is 16.0. The van der Waals surface area contributed by atoms with Crippen molar-refractivity contribution in [3.8, 4) is 0 Å². The number of carbonyl (C=O) groups excluding carboxylic acids is 2. The third-order valence-electron chi connectivity index (χ3n) is 5.57. The van der Waals surface area contributed by atoms with E-state index in [1.165, 1.54) is 4.90 Å². The van der Waals surface area contributed by atoms with E-state index >= 15 is 0 Å². The van der Waals surface area contributed by atoms with E-state index in [1.54, 1.807) is 19.0 Å². The lowest BCUT2D eigenvalue weighted by atomic mass is 9.79. The first-order valence-electron chi connectivity index (χ1n) is 9.24. The monoisotopic (exact) mass is 412 g/mol. The molecule has 2 unspecified atom stereocenters. The number of aromatic nitrogens is 1. The van der Waals surface area contributed by atoms with Gasteiger partial charge in [-0.15, -0.1) is 23.2 Å². The first kappa shape index (κ1) is 20.4. The van der Waals surface area contributed by atoms with Crippen molar-refractivity contribution in [3.05, 3.63) is 28.1 Å². The van der Waals surface area contributed by atoms with Gasteiger partial charge >= 0.3 is 0 Å². The molecule has 3 rings (SSSR count). The van der Waals surface area contributed by atoms with Gasteiger partial charge in [-0.1, -0.05) is 0 Å². The molecule has 2 amide bonds. The van der Waals surface area contributed by atoms with E-state index in [0.29, 0.717) is 30.8 Å². The first-order chi connectivity index (χ1) is 12.7. The normalized spacial score (nSPS) is 24.9. The Kier molecular flexibility index (Phi) is 5.99. The molecule has 0 bridgehead atoms. The Labute approximate surface area is 170 Å². The van der Waals surface area contributed by atoms with Crippen molar-refractivity contribution >= 4 is 35.0 Å². The molecule has 6 nitrogen and oxygen atoms in total. The number of nitrogens with two attached hydrogens (primary N) is 1. The van der Waals surface area contributed by atoms with Crippen LogP contribution in [-0.4, -0.2) is 58.0 Å². The Balaban J connectivity index is 2.03. The largest absolute Gasteiger partial charge is 0.347 e. The molecule has 1 aliphatic carbocycles. The summed E-state index contributed by atoms with van der Waals surface area (Å²) in [6.45, 7) is 2.60. The van der Waals surface area contributed by atoms with E-state index in [0.717, 1.165) is 29.7 Å². The van der Waals surface area contributed by atoms with E-state index in [4.69, 9.17) is 28.9 Å². The molecule has 1 fully saturated rings. The lowest BCUT2D eigenvalue weighted by molar-refractivity contribution is -0.129. The van der Waals surface area contributed by atoms with Crippen molar-refractivity contribution < 1.29 is 9.59 Å². The molecular formula is C19H26Cl2N4O2. The predicted octanol–water partition coefficient (Wildman–Crippen LogP) is 2.38. The third kappa shape index (κ3) is 3.80. The van der Waals surface area contributed by atoms with Gasteiger partial charge in [-0.25, -0.2) is 0 Å². The van der Waals surface area contributed by atoms with Crippen LogP contribution in [0.25, 0.3) is 0 Å². The fourth-order valence-electron chi connectivity index (χ4n) is 4.08. The van der Waals surface area contributed by atoms with E-state index in [9.17, 15) is 9.59 Å². The molecular weight excluding hydrogens is 387 g/mol. The standard InChI is InChI=1S/C19H26Cl2N4O2/c1-10-13(7-22)17(12-5-4-11(20)6-14(12)21)18-15(23-10)8-25(19(18)27)9-16(26)24(2)3/h11-12,14H,4-9,22H2,1-3H3/t11?,12?,14-/m0/s1. The number of nitrogens with zero attached hydrogens (tertiary/aromatic N) is 3. The van der Waals surface area contributed by atoms with Crippen LogP contribution in [0.4, 0.5) is 0 Å². The number of hydrogen-bond donors (Lipinski definition) is 1. The second-order valence-corrected chi connectivity index (χ2v) is 8.78. The number of rotatable bonds is 4. The summed E-state index contributed by atoms with van der Waals surface area (Å²) in [6.07, 6.45) is 2.37. The molecule has 1 aliphatic heterocycles. The predicted molar refractivity (Wildman–Crippen MR) is 106 cm³/mol. The fourth-order valence-corrected chi connectivity index (χ4v) is 4.96. The van der Waals surface area contributed by atoms with Crippen LogP contribution in [0.5, 0.6) is 0 Å². The van der Waals surface area contributed by atoms with Crippen molar-refractivity contribution in [1.82, 2.24) is 14.8 Å². The SMILES string of the molecule is Cc1nc2c(c(C3CCC(Cl)C[C@@H]3Cl)c1CN)C(=O)N(CC(=O)N(C)C)C2. The summed E-state index contributed by atoms with van der Waals surface area (Å²) in [6, 6.07) is 0. The van der Waals surface area contributed by atoms with Gasteiger partial charge < -0.3 is 15.5 Å². The molecule has 1 aromatic rings.